The van der Waals surface area contributed by atoms with E-state index in [1.807, 2.05) is 20.9 Å². The first-order valence-electron chi connectivity index (χ1n) is 6.77. The van der Waals surface area contributed by atoms with Crippen LogP contribution in [-0.4, -0.2) is 72.7 Å². The molecule has 1 aliphatic heterocycles. The minimum Gasteiger partial charge on any atom is -0.480 e. The molecule has 0 bridgehead atoms. The minimum absolute atomic E-state index is 0.189. The highest BCUT2D eigenvalue weighted by molar-refractivity contribution is 5.73. The van der Waals surface area contributed by atoms with Crippen molar-refractivity contribution in [1.82, 2.24) is 15.1 Å². The summed E-state index contributed by atoms with van der Waals surface area (Å²) < 4.78 is 0. The molecule has 18 heavy (non-hydrogen) atoms. The summed E-state index contributed by atoms with van der Waals surface area (Å²) in [4.78, 5) is 15.7. The van der Waals surface area contributed by atoms with E-state index >= 15 is 0 Å². The van der Waals surface area contributed by atoms with Crippen molar-refractivity contribution >= 4 is 5.97 Å². The van der Waals surface area contributed by atoms with Crippen LogP contribution >= 0.6 is 0 Å². The fourth-order valence-corrected chi connectivity index (χ4v) is 2.56. The van der Waals surface area contributed by atoms with E-state index in [-0.39, 0.29) is 6.04 Å². The van der Waals surface area contributed by atoms with Gasteiger partial charge in [-0.2, -0.15) is 0 Å². The predicted molar refractivity (Wildman–Crippen MR) is 72.8 cm³/mol. The number of hydrogen-bond donors (Lipinski definition) is 2. The Morgan fingerprint density at radius 1 is 1.56 bits per heavy atom. The quantitative estimate of drug-likeness (QED) is 0.694. The normalized spacial score (nSPS) is 22.9. The lowest BCUT2D eigenvalue weighted by Crippen LogP contribution is -2.49. The van der Waals surface area contributed by atoms with Gasteiger partial charge in [0, 0.05) is 25.2 Å². The predicted octanol–water partition coefficient (Wildman–Crippen LogP) is 0.464. The van der Waals surface area contributed by atoms with Gasteiger partial charge in [-0.1, -0.05) is 13.8 Å². The van der Waals surface area contributed by atoms with Crippen molar-refractivity contribution in [2.24, 2.45) is 0 Å². The molecule has 0 spiro atoms. The van der Waals surface area contributed by atoms with Gasteiger partial charge >= 0.3 is 5.97 Å². The van der Waals surface area contributed by atoms with Crippen LogP contribution in [0, 0.1) is 0 Å². The zero-order valence-electron chi connectivity index (χ0n) is 12.0. The summed E-state index contributed by atoms with van der Waals surface area (Å²) in [6.07, 6.45) is 2.47. The Bertz CT molecular complexity index is 271. The molecular weight excluding hydrogens is 230 g/mol. The number of aliphatic carboxylic acids is 1. The molecule has 0 amide bonds. The third-order valence-corrected chi connectivity index (χ3v) is 3.52. The van der Waals surface area contributed by atoms with Crippen molar-refractivity contribution in [2.75, 3.05) is 33.7 Å². The Balaban J connectivity index is 2.40. The molecule has 1 aliphatic rings. The van der Waals surface area contributed by atoms with E-state index in [1.165, 1.54) is 12.8 Å². The highest BCUT2D eigenvalue weighted by Gasteiger charge is 2.25. The van der Waals surface area contributed by atoms with Crippen LogP contribution in [0.2, 0.25) is 0 Å². The van der Waals surface area contributed by atoms with E-state index in [4.69, 9.17) is 0 Å². The van der Waals surface area contributed by atoms with Gasteiger partial charge < -0.3 is 20.2 Å². The van der Waals surface area contributed by atoms with E-state index in [0.29, 0.717) is 12.6 Å². The SMILES string of the molecule is CC(C)NC(CN(C)CC1CCCN1C)C(=O)O. The molecule has 0 aromatic carbocycles. The molecule has 106 valence electrons. The summed E-state index contributed by atoms with van der Waals surface area (Å²) in [5.41, 5.74) is 0. The topological polar surface area (TPSA) is 55.8 Å². The Kier molecular flexibility index (Phi) is 6.05. The number of carboxylic acid groups (broad SMARTS) is 1. The number of likely N-dealkylation sites (tertiary alicyclic amines) is 1. The van der Waals surface area contributed by atoms with Gasteiger partial charge in [-0.25, -0.2) is 0 Å². The van der Waals surface area contributed by atoms with Crippen LogP contribution < -0.4 is 5.32 Å². The lowest BCUT2D eigenvalue weighted by Gasteiger charge is -2.28. The number of nitrogens with one attached hydrogen (secondary N) is 1. The molecule has 0 aromatic heterocycles. The molecule has 1 saturated heterocycles. The Labute approximate surface area is 110 Å². The van der Waals surface area contributed by atoms with Gasteiger partial charge in [0.15, 0.2) is 0 Å². The third-order valence-electron chi connectivity index (χ3n) is 3.52. The van der Waals surface area contributed by atoms with Crippen LogP contribution in [0.4, 0.5) is 0 Å². The number of likely N-dealkylation sites (N-methyl/N-ethyl adjacent to an activating group) is 2. The fraction of sp³-hybridized carbons (Fsp3) is 0.923. The second-order valence-electron chi connectivity index (χ2n) is 5.71. The number of carboxylic acids is 1. The molecule has 0 aromatic rings. The van der Waals surface area contributed by atoms with Crippen molar-refractivity contribution in [2.45, 2.75) is 44.8 Å². The van der Waals surface area contributed by atoms with E-state index in [1.54, 1.807) is 0 Å². The maximum atomic E-state index is 11.2. The Hall–Kier alpha value is -0.650. The summed E-state index contributed by atoms with van der Waals surface area (Å²) in [7, 11) is 4.15. The largest absolute Gasteiger partial charge is 0.480 e. The van der Waals surface area contributed by atoms with Gasteiger partial charge in [-0.3, -0.25) is 4.79 Å². The zero-order chi connectivity index (χ0) is 13.7. The van der Waals surface area contributed by atoms with Crippen molar-refractivity contribution in [3.63, 3.8) is 0 Å². The molecule has 2 N–H and O–H groups in total. The molecular formula is C13H27N3O2. The standard InChI is InChI=1S/C13H27N3O2/c1-10(2)14-12(13(17)18)9-15(3)8-11-6-5-7-16(11)4/h10-12,14H,5-9H2,1-4H3,(H,17,18). The summed E-state index contributed by atoms with van der Waals surface area (Å²) in [5.74, 6) is -0.768. The third kappa shape index (κ3) is 4.92. The van der Waals surface area contributed by atoms with Gasteiger partial charge in [0.05, 0.1) is 0 Å². The minimum atomic E-state index is -0.768. The molecule has 1 rings (SSSR count). The molecule has 2 unspecified atom stereocenters. The molecule has 1 heterocycles. The number of rotatable bonds is 7. The van der Waals surface area contributed by atoms with Gasteiger partial charge in [0.25, 0.3) is 0 Å². The van der Waals surface area contributed by atoms with Gasteiger partial charge in [-0.15, -0.1) is 0 Å². The van der Waals surface area contributed by atoms with Gasteiger partial charge in [-0.05, 0) is 33.5 Å². The molecule has 1 fully saturated rings. The first-order valence-corrected chi connectivity index (χ1v) is 6.77. The first-order chi connectivity index (χ1) is 8.40. The average Bonchev–Trinajstić information content (AvgIpc) is 2.62. The Morgan fingerprint density at radius 3 is 2.67 bits per heavy atom. The highest BCUT2D eigenvalue weighted by atomic mass is 16.4. The van der Waals surface area contributed by atoms with Crippen LogP contribution in [0.5, 0.6) is 0 Å². The maximum Gasteiger partial charge on any atom is 0.322 e. The van der Waals surface area contributed by atoms with Crippen molar-refractivity contribution in [3.05, 3.63) is 0 Å². The number of hydrogen-bond acceptors (Lipinski definition) is 4. The van der Waals surface area contributed by atoms with Crippen molar-refractivity contribution in [3.8, 4) is 0 Å². The molecule has 0 saturated carbocycles. The van der Waals surface area contributed by atoms with E-state index in [2.05, 4.69) is 22.2 Å². The van der Waals surface area contributed by atoms with Gasteiger partial charge in [0.1, 0.15) is 6.04 Å². The monoisotopic (exact) mass is 257 g/mol. The van der Waals surface area contributed by atoms with E-state index in [9.17, 15) is 9.90 Å². The van der Waals surface area contributed by atoms with Crippen LogP contribution in [0.3, 0.4) is 0 Å². The Morgan fingerprint density at radius 2 is 2.22 bits per heavy atom. The van der Waals surface area contributed by atoms with Crippen LogP contribution in [0.25, 0.3) is 0 Å². The number of nitrogens with zero attached hydrogens (tertiary/aromatic N) is 2. The van der Waals surface area contributed by atoms with Gasteiger partial charge in [0.2, 0.25) is 0 Å². The lowest BCUT2D eigenvalue weighted by molar-refractivity contribution is -0.140. The summed E-state index contributed by atoms with van der Waals surface area (Å²) in [6, 6.07) is 0.277. The highest BCUT2D eigenvalue weighted by Crippen LogP contribution is 2.15. The second kappa shape index (κ2) is 7.07. The smallest absolute Gasteiger partial charge is 0.322 e. The number of carbonyl (C=O) groups is 1. The molecule has 5 nitrogen and oxygen atoms in total. The van der Waals surface area contributed by atoms with Crippen LogP contribution in [-0.2, 0) is 4.79 Å². The summed E-state index contributed by atoms with van der Waals surface area (Å²) >= 11 is 0. The average molecular weight is 257 g/mol. The molecule has 0 aliphatic carbocycles. The molecule has 0 radical (unpaired) electrons. The summed E-state index contributed by atoms with van der Waals surface area (Å²) in [5, 5.41) is 12.3. The summed E-state index contributed by atoms with van der Waals surface area (Å²) in [6.45, 7) is 6.60. The van der Waals surface area contributed by atoms with E-state index < -0.39 is 12.0 Å². The zero-order valence-corrected chi connectivity index (χ0v) is 12.0. The van der Waals surface area contributed by atoms with Crippen LogP contribution in [0.1, 0.15) is 26.7 Å². The second-order valence-corrected chi connectivity index (χ2v) is 5.71. The maximum absolute atomic E-state index is 11.2. The fourth-order valence-electron chi connectivity index (χ4n) is 2.56. The van der Waals surface area contributed by atoms with E-state index in [0.717, 1.165) is 13.1 Å². The molecule has 5 heteroatoms. The molecule has 2 atom stereocenters. The first kappa shape index (κ1) is 15.4. The lowest BCUT2D eigenvalue weighted by atomic mass is 10.2. The van der Waals surface area contributed by atoms with Crippen LogP contribution in [0.15, 0.2) is 0 Å². The van der Waals surface area contributed by atoms with Crippen molar-refractivity contribution in [1.29, 1.82) is 0 Å². The van der Waals surface area contributed by atoms with Crippen molar-refractivity contribution < 1.29 is 9.90 Å².